The molecule has 0 unspecified atom stereocenters. The lowest BCUT2D eigenvalue weighted by Crippen LogP contribution is -2.03. The number of methoxy groups -OCH3 is 1. The second-order valence-electron chi connectivity index (χ2n) is 16.6. The highest BCUT2D eigenvalue weighted by Gasteiger charge is 2.26. The third-order valence-electron chi connectivity index (χ3n) is 12.0. The normalized spacial score (nSPS) is 12.9. The third kappa shape index (κ3) is 11.0. The molecule has 69 heavy (non-hydrogen) atoms. The summed E-state index contributed by atoms with van der Waals surface area (Å²) in [5, 5.41) is 29.5. The van der Waals surface area contributed by atoms with Gasteiger partial charge < -0.3 is 35.6 Å². The Morgan fingerprint density at radius 1 is 0.667 bits per heavy atom. The summed E-state index contributed by atoms with van der Waals surface area (Å²) in [6.45, 7) is 7.74. The third-order valence-corrected chi connectivity index (χ3v) is 13.8. The van der Waals surface area contributed by atoms with E-state index in [4.69, 9.17) is 24.9 Å². The molecule has 15 heteroatoms. The average molecular weight is 959 g/mol. The fourth-order valence-corrected chi connectivity index (χ4v) is 10.1. The Bertz CT molecular complexity index is 3240. The van der Waals surface area contributed by atoms with Gasteiger partial charge in [-0.3, -0.25) is 19.2 Å². The van der Waals surface area contributed by atoms with Crippen molar-refractivity contribution in [1.29, 1.82) is 0 Å². The van der Waals surface area contributed by atoms with E-state index in [0.29, 0.717) is 24.8 Å². The molecule has 0 radical (unpaired) electrons. The minimum absolute atomic E-state index is 0.0606. The van der Waals surface area contributed by atoms with Crippen LogP contribution in [0.2, 0.25) is 0 Å². The van der Waals surface area contributed by atoms with Crippen molar-refractivity contribution in [3.05, 3.63) is 158 Å². The molecule has 2 aliphatic rings. The number of aromatic nitrogens is 4. The zero-order valence-corrected chi connectivity index (χ0v) is 40.3. The molecule has 350 valence electrons. The van der Waals surface area contributed by atoms with E-state index in [1.807, 2.05) is 118 Å². The number of benzene rings is 4. The molecule has 8 aromatic rings. The van der Waals surface area contributed by atoms with Gasteiger partial charge in [0.15, 0.2) is 5.88 Å². The Hall–Kier alpha value is -7.88. The topological polar surface area (TPSA) is 199 Å². The van der Waals surface area contributed by atoms with E-state index in [2.05, 4.69) is 44.2 Å². The lowest BCUT2D eigenvalue weighted by atomic mass is 10.00. The molecule has 2 aliphatic heterocycles. The molecule has 0 atom stereocenters. The zero-order chi connectivity index (χ0) is 48.8. The van der Waals surface area contributed by atoms with Crippen LogP contribution in [-0.4, -0.2) is 61.0 Å². The van der Waals surface area contributed by atoms with E-state index in [9.17, 15) is 19.2 Å². The van der Waals surface area contributed by atoms with Gasteiger partial charge in [0.25, 0.3) is 5.91 Å². The zero-order valence-electron chi connectivity index (χ0n) is 38.7. The molecule has 4 aromatic heterocycles. The van der Waals surface area contributed by atoms with Crippen molar-refractivity contribution < 1.29 is 34.1 Å². The number of carboxylic acid groups (broad SMARTS) is 2. The Labute approximate surface area is 407 Å². The molecule has 0 aliphatic carbocycles. The number of H-pyrrole nitrogens is 2. The molecule has 6 heterocycles. The number of carbonyl (C=O) groups excluding carboxylic acids is 2. The van der Waals surface area contributed by atoms with Gasteiger partial charge in [-0.1, -0.05) is 72.8 Å². The first-order valence-corrected chi connectivity index (χ1v) is 24.0. The Morgan fingerprint density at radius 3 is 1.75 bits per heavy atom. The minimum atomic E-state index is -0.825. The highest BCUT2D eigenvalue weighted by atomic mass is 32.1. The maximum atomic E-state index is 12.8. The standard InChI is InChI=1S/C27H23N3O3S.C17H12N2OS.C10H15NO3/c1-15-19(9-11-25(31)32)16(2)28-23(15)13-21-20-12-18(8-10-22(20)29-26(21)33)24-14-34-27(30-24)17-6-4-3-5-7-17;20-16-9-13-8-12(6-7-14(13)18-16)15-10-21-17(19-15)11-4-2-1-3-5-11;1-6-8(4-5-9(12)13)7(2)11-10(6)14-3/h3-8,10,12-14,28H,9,11H2,1-2H3,(H,29,33)(H,31,32);1-8,10H,9H2,(H,18,20);11H,4-5H2,1-3H3,(H,12,13)/b21-13-;;. The predicted octanol–water partition coefficient (Wildman–Crippen LogP) is 11.6. The lowest BCUT2D eigenvalue weighted by molar-refractivity contribution is -0.138. The van der Waals surface area contributed by atoms with Crippen molar-refractivity contribution in [3.8, 4) is 49.5 Å². The molecule has 0 saturated carbocycles. The number of fused-ring (bicyclic) bond motifs is 2. The first kappa shape index (κ1) is 47.6. The second kappa shape index (κ2) is 21.0. The first-order chi connectivity index (χ1) is 33.3. The lowest BCUT2D eigenvalue weighted by Gasteiger charge is -2.03. The van der Waals surface area contributed by atoms with Crippen LogP contribution in [0.15, 0.2) is 108 Å². The number of aromatic amines is 2. The number of anilines is 2. The predicted molar refractivity (Wildman–Crippen MR) is 274 cm³/mol. The van der Waals surface area contributed by atoms with E-state index in [1.165, 1.54) is 0 Å². The van der Waals surface area contributed by atoms with Crippen LogP contribution in [-0.2, 0) is 38.4 Å². The van der Waals surface area contributed by atoms with Gasteiger partial charge in [0.05, 0.1) is 30.5 Å². The molecule has 13 nitrogen and oxygen atoms in total. The van der Waals surface area contributed by atoms with Crippen LogP contribution in [0.4, 0.5) is 11.4 Å². The van der Waals surface area contributed by atoms with Crippen LogP contribution in [0.1, 0.15) is 63.3 Å². The van der Waals surface area contributed by atoms with E-state index >= 15 is 0 Å². The summed E-state index contributed by atoms with van der Waals surface area (Å²) in [4.78, 5) is 61.6. The number of aliphatic carboxylic acids is 2. The van der Waals surface area contributed by atoms with Crippen LogP contribution >= 0.6 is 22.7 Å². The van der Waals surface area contributed by atoms with Gasteiger partial charge in [-0.05, 0) is 93.1 Å². The number of aryl methyl sites for hydroxylation is 2. The molecule has 0 spiro atoms. The molecular formula is C54H50N6O7S2. The van der Waals surface area contributed by atoms with Crippen molar-refractivity contribution in [2.24, 2.45) is 0 Å². The monoisotopic (exact) mass is 958 g/mol. The van der Waals surface area contributed by atoms with Crippen LogP contribution in [0, 0.1) is 27.7 Å². The van der Waals surface area contributed by atoms with Crippen molar-refractivity contribution in [2.75, 3.05) is 17.7 Å². The van der Waals surface area contributed by atoms with Crippen LogP contribution in [0.3, 0.4) is 0 Å². The highest BCUT2D eigenvalue weighted by molar-refractivity contribution is 7.13. The number of nitrogens with one attached hydrogen (secondary N) is 4. The van der Waals surface area contributed by atoms with E-state index in [0.717, 1.165) is 111 Å². The highest BCUT2D eigenvalue weighted by Crippen LogP contribution is 2.38. The van der Waals surface area contributed by atoms with E-state index in [1.54, 1.807) is 29.8 Å². The fraction of sp³-hybridized carbons (Fsp3) is 0.185. The van der Waals surface area contributed by atoms with Crippen molar-refractivity contribution in [2.45, 2.75) is 59.8 Å². The van der Waals surface area contributed by atoms with Gasteiger partial charge in [-0.25, -0.2) is 9.97 Å². The number of ether oxygens (including phenoxy) is 1. The number of carbonyl (C=O) groups is 4. The number of amides is 2. The smallest absolute Gasteiger partial charge is 0.303 e. The Morgan fingerprint density at radius 2 is 1.20 bits per heavy atom. The molecule has 0 fully saturated rings. The maximum Gasteiger partial charge on any atom is 0.303 e. The fourth-order valence-electron chi connectivity index (χ4n) is 8.40. The summed E-state index contributed by atoms with van der Waals surface area (Å²) in [6, 6.07) is 32.1. The van der Waals surface area contributed by atoms with Crippen molar-refractivity contribution in [1.82, 2.24) is 19.9 Å². The minimum Gasteiger partial charge on any atom is -0.482 e. The van der Waals surface area contributed by atoms with Gasteiger partial charge in [0, 0.05) is 85.4 Å². The quantitative estimate of drug-likeness (QED) is 0.0645. The number of thiazole rings is 2. The Balaban J connectivity index is 0.000000155. The number of nitrogens with zero attached hydrogens (tertiary/aromatic N) is 2. The Kier molecular flexibility index (Phi) is 14.5. The summed E-state index contributed by atoms with van der Waals surface area (Å²) in [7, 11) is 1.60. The second-order valence-corrected chi connectivity index (χ2v) is 18.3. The largest absolute Gasteiger partial charge is 0.482 e. The summed E-state index contributed by atoms with van der Waals surface area (Å²) >= 11 is 3.23. The molecule has 10 rings (SSSR count). The summed E-state index contributed by atoms with van der Waals surface area (Å²) in [6.07, 6.45) is 3.54. The van der Waals surface area contributed by atoms with Gasteiger partial charge in [-0.2, -0.15) is 0 Å². The van der Waals surface area contributed by atoms with Crippen molar-refractivity contribution >= 4 is 69.5 Å². The number of carboxylic acids is 2. The number of hydrogen-bond donors (Lipinski definition) is 6. The summed E-state index contributed by atoms with van der Waals surface area (Å²) < 4.78 is 5.11. The molecular weight excluding hydrogens is 909 g/mol. The van der Waals surface area contributed by atoms with Crippen molar-refractivity contribution in [3.63, 3.8) is 0 Å². The average Bonchev–Trinajstić information content (AvgIpc) is 4.22. The summed E-state index contributed by atoms with van der Waals surface area (Å²) in [5.74, 6) is -0.972. The molecule has 6 N–H and O–H groups in total. The number of rotatable bonds is 12. The molecule has 0 saturated heterocycles. The van der Waals surface area contributed by atoms with Gasteiger partial charge in [0.1, 0.15) is 10.0 Å². The molecule has 4 aromatic carbocycles. The summed E-state index contributed by atoms with van der Waals surface area (Å²) in [5.41, 5.74) is 16.9. The first-order valence-electron chi connectivity index (χ1n) is 22.2. The molecule has 2 amide bonds. The van der Waals surface area contributed by atoms with Crippen LogP contribution in [0.5, 0.6) is 5.88 Å². The van der Waals surface area contributed by atoms with Gasteiger partial charge in [-0.15, -0.1) is 22.7 Å². The molecule has 0 bridgehead atoms. The van der Waals surface area contributed by atoms with E-state index < -0.39 is 11.9 Å². The SMILES string of the molecule is COc1[nH]c(C)c(CCC(=O)O)c1C.Cc1[nH]c(/C=C2\C(=O)Nc3ccc(-c4csc(-c5ccccc5)n4)cc32)c(C)c1CCC(=O)O.O=C1Cc2cc(-c3csc(-c4ccccc4)n3)ccc2N1. The van der Waals surface area contributed by atoms with Gasteiger partial charge in [0.2, 0.25) is 5.91 Å². The number of hydrogen-bond acceptors (Lipinski definition) is 9. The van der Waals surface area contributed by atoms with Crippen LogP contribution in [0.25, 0.3) is 55.3 Å². The maximum absolute atomic E-state index is 12.8. The van der Waals surface area contributed by atoms with Crippen LogP contribution < -0.4 is 15.4 Å². The van der Waals surface area contributed by atoms with E-state index in [-0.39, 0.29) is 24.7 Å². The van der Waals surface area contributed by atoms with Gasteiger partial charge >= 0.3 is 11.9 Å².